The Balaban J connectivity index is 1.35. The maximum atomic E-state index is 12.5. The lowest BCUT2D eigenvalue weighted by Gasteiger charge is -2.09. The van der Waals surface area contributed by atoms with Crippen LogP contribution in [0.1, 0.15) is 15.9 Å². The molecule has 166 valence electrons. The summed E-state index contributed by atoms with van der Waals surface area (Å²) < 4.78 is 32.9. The summed E-state index contributed by atoms with van der Waals surface area (Å²) in [6, 6.07) is 24.0. The highest BCUT2D eigenvalue weighted by atomic mass is 32.2. The predicted octanol–water partition coefficient (Wildman–Crippen LogP) is 4.11. The largest absolute Gasteiger partial charge is 0.489 e. The highest BCUT2D eigenvalue weighted by Gasteiger charge is 2.15. The Morgan fingerprint density at radius 1 is 0.818 bits per heavy atom. The van der Waals surface area contributed by atoms with E-state index in [1.165, 1.54) is 36.7 Å². The van der Waals surface area contributed by atoms with Gasteiger partial charge in [0.25, 0.3) is 15.9 Å². The summed E-state index contributed by atoms with van der Waals surface area (Å²) in [6.07, 6.45) is 2.87. The van der Waals surface area contributed by atoms with Crippen LogP contribution in [-0.4, -0.2) is 24.3 Å². The van der Waals surface area contributed by atoms with Crippen LogP contribution in [0.2, 0.25) is 0 Å². The molecule has 0 radical (unpaired) electrons. The van der Waals surface area contributed by atoms with Crippen LogP contribution in [0.5, 0.6) is 5.75 Å². The molecule has 0 bridgehead atoms. The number of rotatable bonds is 8. The summed E-state index contributed by atoms with van der Waals surface area (Å²) in [5, 5.41) is 2.75. The molecule has 0 atom stereocenters. The number of anilines is 2. The maximum absolute atomic E-state index is 12.5. The van der Waals surface area contributed by atoms with Crippen LogP contribution in [-0.2, 0) is 16.6 Å². The van der Waals surface area contributed by atoms with Gasteiger partial charge in [0.15, 0.2) is 0 Å². The van der Waals surface area contributed by atoms with E-state index in [4.69, 9.17) is 4.74 Å². The summed E-state index contributed by atoms with van der Waals surface area (Å²) in [5.74, 6) is 0.445. The van der Waals surface area contributed by atoms with Gasteiger partial charge in [0, 0.05) is 23.6 Å². The Bertz CT molecular complexity index is 1310. The smallest absolute Gasteiger partial charge is 0.264 e. The molecule has 8 nitrogen and oxygen atoms in total. The predicted molar refractivity (Wildman–Crippen MR) is 124 cm³/mol. The molecule has 0 aliphatic rings. The molecular weight excluding hydrogens is 440 g/mol. The van der Waals surface area contributed by atoms with Crippen molar-refractivity contribution >= 4 is 27.6 Å². The van der Waals surface area contributed by atoms with E-state index < -0.39 is 10.0 Å². The molecule has 0 aliphatic carbocycles. The first-order valence-electron chi connectivity index (χ1n) is 9.98. The zero-order valence-corrected chi connectivity index (χ0v) is 18.2. The van der Waals surface area contributed by atoms with Crippen LogP contribution in [0.15, 0.2) is 102 Å². The van der Waals surface area contributed by atoms with Crippen LogP contribution in [0.4, 0.5) is 11.6 Å². The monoisotopic (exact) mass is 460 g/mol. The van der Waals surface area contributed by atoms with Crippen LogP contribution in [0, 0.1) is 0 Å². The topological polar surface area (TPSA) is 110 Å². The fourth-order valence-electron chi connectivity index (χ4n) is 2.89. The molecule has 0 fully saturated rings. The minimum Gasteiger partial charge on any atom is -0.489 e. The van der Waals surface area contributed by atoms with Crippen molar-refractivity contribution in [1.29, 1.82) is 0 Å². The van der Waals surface area contributed by atoms with Gasteiger partial charge in [-0.05, 0) is 60.2 Å². The Morgan fingerprint density at radius 3 is 2.15 bits per heavy atom. The van der Waals surface area contributed by atoms with Crippen molar-refractivity contribution in [3.63, 3.8) is 0 Å². The summed E-state index contributed by atoms with van der Waals surface area (Å²) in [5.41, 5.74) is 1.87. The molecule has 33 heavy (non-hydrogen) atoms. The molecule has 3 aromatic carbocycles. The molecular formula is C24H20N4O4S. The molecule has 1 aromatic heterocycles. The average Bonchev–Trinajstić information content (AvgIpc) is 2.84. The number of carbonyl (C=O) groups excluding carboxylic acids is 1. The van der Waals surface area contributed by atoms with Gasteiger partial charge in [-0.1, -0.05) is 30.3 Å². The van der Waals surface area contributed by atoms with Gasteiger partial charge < -0.3 is 10.1 Å². The van der Waals surface area contributed by atoms with Crippen molar-refractivity contribution in [1.82, 2.24) is 9.97 Å². The van der Waals surface area contributed by atoms with Crippen LogP contribution >= 0.6 is 0 Å². The SMILES string of the molecule is O=C(Nc1ccc(S(=O)(=O)Nc2ncccn2)cc1)c1ccc(COc2ccccc2)cc1. The molecule has 0 saturated heterocycles. The van der Waals surface area contributed by atoms with E-state index in [2.05, 4.69) is 20.0 Å². The molecule has 4 rings (SSSR count). The molecule has 2 N–H and O–H groups in total. The van der Waals surface area contributed by atoms with E-state index in [-0.39, 0.29) is 16.8 Å². The van der Waals surface area contributed by atoms with Gasteiger partial charge in [-0.3, -0.25) is 4.79 Å². The van der Waals surface area contributed by atoms with Gasteiger partial charge in [-0.2, -0.15) is 0 Å². The first kappa shape index (κ1) is 22.0. The molecule has 0 saturated carbocycles. The standard InChI is InChI=1S/C24H20N4O4S/c29-23(19-9-7-18(8-10-19)17-32-21-5-2-1-3-6-21)27-20-11-13-22(14-12-20)33(30,31)28-24-25-15-4-16-26-24/h1-16H,17H2,(H,27,29)(H,25,26,28). The van der Waals surface area contributed by atoms with Crippen molar-refractivity contribution in [3.05, 3.63) is 108 Å². The summed E-state index contributed by atoms with van der Waals surface area (Å²) in [7, 11) is -3.84. The number of carbonyl (C=O) groups is 1. The number of amides is 1. The quantitative estimate of drug-likeness (QED) is 0.409. The lowest BCUT2D eigenvalue weighted by molar-refractivity contribution is 0.102. The van der Waals surface area contributed by atoms with Crippen LogP contribution in [0.25, 0.3) is 0 Å². The minimum absolute atomic E-state index is 0.0208. The fraction of sp³-hybridized carbons (Fsp3) is 0.0417. The number of para-hydroxylation sites is 1. The molecule has 9 heteroatoms. The average molecular weight is 461 g/mol. The van der Waals surface area contributed by atoms with Crippen LogP contribution in [0.3, 0.4) is 0 Å². The lowest BCUT2D eigenvalue weighted by atomic mass is 10.1. The van der Waals surface area contributed by atoms with Gasteiger partial charge in [0.2, 0.25) is 5.95 Å². The lowest BCUT2D eigenvalue weighted by Crippen LogP contribution is -2.15. The second-order valence-corrected chi connectivity index (χ2v) is 8.64. The number of sulfonamides is 1. The Hall–Kier alpha value is -4.24. The molecule has 1 heterocycles. The zero-order valence-electron chi connectivity index (χ0n) is 17.4. The van der Waals surface area contributed by atoms with Gasteiger partial charge in [0.05, 0.1) is 4.90 Å². The first-order chi connectivity index (χ1) is 16.0. The first-order valence-corrected chi connectivity index (χ1v) is 11.5. The minimum atomic E-state index is -3.84. The van der Waals surface area contributed by atoms with Crippen molar-refractivity contribution in [3.8, 4) is 5.75 Å². The van der Waals surface area contributed by atoms with Crippen molar-refractivity contribution in [2.24, 2.45) is 0 Å². The van der Waals surface area contributed by atoms with E-state index in [9.17, 15) is 13.2 Å². The molecule has 4 aromatic rings. The number of aromatic nitrogens is 2. The number of hydrogen-bond donors (Lipinski definition) is 2. The van der Waals surface area contributed by atoms with Crippen molar-refractivity contribution < 1.29 is 17.9 Å². The van der Waals surface area contributed by atoms with Gasteiger partial charge in [0.1, 0.15) is 12.4 Å². The molecule has 0 spiro atoms. The normalized spacial score (nSPS) is 10.9. The molecule has 0 aliphatic heterocycles. The Morgan fingerprint density at radius 2 is 1.48 bits per heavy atom. The summed E-state index contributed by atoms with van der Waals surface area (Å²) in [6.45, 7) is 0.393. The van der Waals surface area contributed by atoms with Gasteiger partial charge in [-0.15, -0.1) is 0 Å². The van der Waals surface area contributed by atoms with Gasteiger partial charge >= 0.3 is 0 Å². The molecule has 0 unspecified atom stereocenters. The third-order valence-electron chi connectivity index (χ3n) is 4.58. The summed E-state index contributed by atoms with van der Waals surface area (Å²) >= 11 is 0. The Kier molecular flexibility index (Phi) is 6.61. The number of ether oxygens (including phenoxy) is 1. The fourth-order valence-corrected chi connectivity index (χ4v) is 3.85. The van der Waals surface area contributed by atoms with Gasteiger partial charge in [-0.25, -0.2) is 23.1 Å². The van der Waals surface area contributed by atoms with E-state index in [1.54, 1.807) is 18.2 Å². The highest BCUT2D eigenvalue weighted by Crippen LogP contribution is 2.18. The number of benzene rings is 3. The second-order valence-electron chi connectivity index (χ2n) is 6.96. The van der Waals surface area contributed by atoms with Crippen LogP contribution < -0.4 is 14.8 Å². The summed E-state index contributed by atoms with van der Waals surface area (Å²) in [4.78, 5) is 20.3. The number of hydrogen-bond acceptors (Lipinski definition) is 6. The van der Waals surface area contributed by atoms with E-state index in [1.807, 2.05) is 42.5 Å². The molecule has 1 amide bonds. The zero-order chi connectivity index (χ0) is 23.1. The van der Waals surface area contributed by atoms with Crippen molar-refractivity contribution in [2.75, 3.05) is 10.0 Å². The number of nitrogens with zero attached hydrogens (tertiary/aromatic N) is 2. The van der Waals surface area contributed by atoms with E-state index in [0.717, 1.165) is 11.3 Å². The third-order valence-corrected chi connectivity index (χ3v) is 5.92. The maximum Gasteiger partial charge on any atom is 0.264 e. The Labute approximate surface area is 191 Å². The number of nitrogens with one attached hydrogen (secondary N) is 2. The van der Waals surface area contributed by atoms with Crippen molar-refractivity contribution in [2.45, 2.75) is 11.5 Å². The highest BCUT2D eigenvalue weighted by molar-refractivity contribution is 7.92. The third kappa shape index (κ3) is 5.92. The second kappa shape index (κ2) is 9.92. The van der Waals surface area contributed by atoms with E-state index in [0.29, 0.717) is 17.9 Å². The van der Waals surface area contributed by atoms with E-state index >= 15 is 0 Å².